The average molecular weight is 588 g/mol. The van der Waals surface area contributed by atoms with Gasteiger partial charge in [-0.15, -0.1) is 0 Å². The number of carbonyl (C=O) groups excluding carboxylic acids is 2. The zero-order valence-electron chi connectivity index (χ0n) is 24.9. The van der Waals surface area contributed by atoms with Gasteiger partial charge in [0.25, 0.3) is 5.91 Å². The van der Waals surface area contributed by atoms with Crippen molar-refractivity contribution in [2.45, 2.75) is 45.6 Å². The van der Waals surface area contributed by atoms with Crippen molar-refractivity contribution in [1.29, 1.82) is 0 Å². The van der Waals surface area contributed by atoms with E-state index in [1.807, 2.05) is 45.0 Å². The van der Waals surface area contributed by atoms with E-state index >= 15 is 0 Å². The molecular weight excluding hydrogens is 549 g/mol. The first-order chi connectivity index (χ1) is 20.7. The third-order valence-electron chi connectivity index (χ3n) is 7.31. The van der Waals surface area contributed by atoms with E-state index in [1.165, 1.54) is 37.2 Å². The summed E-state index contributed by atoms with van der Waals surface area (Å²) in [6.07, 6.45) is 7.32. The number of amides is 1. The summed E-state index contributed by atoms with van der Waals surface area (Å²) in [4.78, 5) is 37.1. The number of Topliss-reactive ketones (excluding diaryl/α,β-unsaturated/α-hetero) is 1. The Morgan fingerprint density at radius 3 is 2.53 bits per heavy atom. The van der Waals surface area contributed by atoms with Gasteiger partial charge >= 0.3 is 0 Å². The van der Waals surface area contributed by atoms with Gasteiger partial charge in [-0.3, -0.25) is 18.9 Å². The number of hydrogen-bond acceptors (Lipinski definition) is 7. The van der Waals surface area contributed by atoms with Gasteiger partial charge in [0.1, 0.15) is 23.8 Å². The Balaban J connectivity index is 1.21. The second-order valence-electron chi connectivity index (χ2n) is 11.7. The van der Waals surface area contributed by atoms with Gasteiger partial charge in [-0.05, 0) is 94.2 Å². The maximum Gasteiger partial charge on any atom is 0.251 e. The van der Waals surface area contributed by atoms with E-state index in [9.17, 15) is 14.0 Å². The molecule has 4 aromatic rings. The lowest BCUT2D eigenvalue weighted by atomic mass is 10.0. The Morgan fingerprint density at radius 2 is 1.79 bits per heavy atom. The van der Waals surface area contributed by atoms with Crippen molar-refractivity contribution in [1.82, 2.24) is 24.6 Å². The van der Waals surface area contributed by atoms with Gasteiger partial charge in [0.2, 0.25) is 5.88 Å². The number of nitrogens with one attached hydrogen (secondary N) is 1. The van der Waals surface area contributed by atoms with Crippen molar-refractivity contribution in [3.8, 4) is 17.0 Å². The Morgan fingerprint density at radius 1 is 0.977 bits per heavy atom. The second-order valence-corrected chi connectivity index (χ2v) is 11.7. The molecule has 226 valence electrons. The number of rotatable bonds is 12. The number of aromatic nitrogens is 3. The van der Waals surface area contributed by atoms with Gasteiger partial charge in [0.05, 0.1) is 18.4 Å². The number of hydrogen-bond donors (Lipinski definition) is 1. The molecule has 1 N–H and O–H groups in total. The maximum atomic E-state index is 14.7. The summed E-state index contributed by atoms with van der Waals surface area (Å²) in [6, 6.07) is 11.6. The minimum absolute atomic E-state index is 0.143. The molecule has 0 spiro atoms. The highest BCUT2D eigenvalue weighted by molar-refractivity contribution is 5.98. The predicted molar refractivity (Wildman–Crippen MR) is 162 cm³/mol. The van der Waals surface area contributed by atoms with Gasteiger partial charge in [0, 0.05) is 49.1 Å². The largest absolute Gasteiger partial charge is 0.476 e. The predicted octanol–water partition coefficient (Wildman–Crippen LogP) is 4.98. The van der Waals surface area contributed by atoms with Crippen LogP contribution in [-0.4, -0.2) is 76.0 Å². The molecule has 0 radical (unpaired) electrons. The van der Waals surface area contributed by atoms with E-state index in [0.29, 0.717) is 37.0 Å². The number of likely N-dealkylation sites (tertiary alicyclic amines) is 1. The average Bonchev–Trinajstić information content (AvgIpc) is 3.66. The summed E-state index contributed by atoms with van der Waals surface area (Å²) in [5, 5.41) is 2.77. The van der Waals surface area contributed by atoms with Crippen LogP contribution in [0.15, 0.2) is 61.1 Å². The topological polar surface area (TPSA) is 98.1 Å². The highest BCUT2D eigenvalue weighted by Crippen LogP contribution is 2.23. The molecule has 10 heteroatoms. The molecule has 5 rings (SSSR count). The SMILES string of the molecule is CC(C)(C)OCCNC(=O)c1ccc(F)c(CC(=O)c2cnc3cc(-c4ccc(OCCN5CCCC5)nc4)ccn23)c1. The molecule has 1 saturated heterocycles. The fraction of sp³-hybridized carbons (Fsp3) is 0.394. The molecule has 0 bridgehead atoms. The van der Waals surface area contributed by atoms with Crippen LogP contribution in [0.4, 0.5) is 4.39 Å². The first-order valence-electron chi connectivity index (χ1n) is 14.7. The molecule has 3 aromatic heterocycles. The van der Waals surface area contributed by atoms with Crippen molar-refractivity contribution >= 4 is 17.3 Å². The smallest absolute Gasteiger partial charge is 0.251 e. The molecule has 1 aliphatic rings. The number of ketones is 1. The van der Waals surface area contributed by atoms with Crippen molar-refractivity contribution < 1.29 is 23.5 Å². The van der Waals surface area contributed by atoms with Gasteiger partial charge in [0.15, 0.2) is 5.78 Å². The zero-order valence-corrected chi connectivity index (χ0v) is 24.9. The molecule has 0 atom stereocenters. The third-order valence-corrected chi connectivity index (χ3v) is 7.31. The first kappa shape index (κ1) is 30.3. The number of ether oxygens (including phenoxy) is 2. The van der Waals surface area contributed by atoms with E-state index < -0.39 is 5.82 Å². The number of benzene rings is 1. The van der Waals surface area contributed by atoms with E-state index in [2.05, 4.69) is 20.2 Å². The Hall–Kier alpha value is -4.15. The fourth-order valence-electron chi connectivity index (χ4n) is 5.03. The normalized spacial score (nSPS) is 13.9. The van der Waals surface area contributed by atoms with Gasteiger partial charge in [-0.1, -0.05) is 0 Å². The van der Waals surface area contributed by atoms with Crippen molar-refractivity contribution in [2.24, 2.45) is 0 Å². The highest BCUT2D eigenvalue weighted by atomic mass is 19.1. The number of pyridine rings is 2. The summed E-state index contributed by atoms with van der Waals surface area (Å²) < 4.78 is 27.8. The zero-order chi connectivity index (χ0) is 30.4. The van der Waals surface area contributed by atoms with Crippen LogP contribution in [0.25, 0.3) is 16.8 Å². The molecule has 0 unspecified atom stereocenters. The van der Waals surface area contributed by atoms with Crippen LogP contribution in [0.2, 0.25) is 0 Å². The summed E-state index contributed by atoms with van der Waals surface area (Å²) in [5.74, 6) is -0.633. The number of nitrogens with zero attached hydrogens (tertiary/aromatic N) is 4. The highest BCUT2D eigenvalue weighted by Gasteiger charge is 2.18. The van der Waals surface area contributed by atoms with Crippen LogP contribution in [0.1, 0.15) is 60.0 Å². The van der Waals surface area contributed by atoms with E-state index in [1.54, 1.807) is 16.8 Å². The molecule has 4 heterocycles. The molecule has 43 heavy (non-hydrogen) atoms. The van der Waals surface area contributed by atoms with Crippen LogP contribution < -0.4 is 10.1 Å². The summed E-state index contributed by atoms with van der Waals surface area (Å²) in [6.45, 7) is 10.3. The van der Waals surface area contributed by atoms with Crippen molar-refractivity contribution in [3.05, 3.63) is 83.7 Å². The summed E-state index contributed by atoms with van der Waals surface area (Å²) >= 11 is 0. The lowest BCUT2D eigenvalue weighted by Crippen LogP contribution is -2.30. The van der Waals surface area contributed by atoms with E-state index in [0.717, 1.165) is 30.8 Å². The number of carbonyl (C=O) groups is 2. The number of imidazole rings is 1. The summed E-state index contributed by atoms with van der Waals surface area (Å²) in [5.41, 5.74) is 2.81. The molecule has 0 saturated carbocycles. The van der Waals surface area contributed by atoms with Crippen LogP contribution >= 0.6 is 0 Å². The molecule has 1 fully saturated rings. The Kier molecular flexibility index (Phi) is 9.47. The minimum Gasteiger partial charge on any atom is -0.476 e. The second kappa shape index (κ2) is 13.4. The molecule has 9 nitrogen and oxygen atoms in total. The van der Waals surface area contributed by atoms with Crippen LogP contribution in [0.5, 0.6) is 5.88 Å². The maximum absolute atomic E-state index is 14.7. The van der Waals surface area contributed by atoms with Gasteiger partial charge in [-0.2, -0.15) is 0 Å². The third kappa shape index (κ3) is 8.03. The van der Waals surface area contributed by atoms with Crippen LogP contribution in [-0.2, 0) is 11.2 Å². The lowest BCUT2D eigenvalue weighted by Gasteiger charge is -2.19. The monoisotopic (exact) mass is 587 g/mol. The van der Waals surface area contributed by atoms with Crippen LogP contribution in [0.3, 0.4) is 0 Å². The Bertz CT molecular complexity index is 1570. The van der Waals surface area contributed by atoms with Gasteiger partial charge < -0.3 is 14.8 Å². The summed E-state index contributed by atoms with van der Waals surface area (Å²) in [7, 11) is 0. The minimum atomic E-state index is -0.548. The number of fused-ring (bicyclic) bond motifs is 1. The standard InChI is InChI=1S/C33H38FN5O4/c1-33(2,3)43-16-11-35-32(41)24-6-8-27(34)26(18-24)19-29(40)28-22-36-30-20-23(10-14-39(28)30)25-7-9-31(37-21-25)42-17-15-38-12-4-5-13-38/h6-10,14,18,20-22H,4-5,11-13,15-17,19H2,1-3H3,(H,35,41). The van der Waals surface area contributed by atoms with Crippen molar-refractivity contribution in [2.75, 3.05) is 39.4 Å². The fourth-order valence-corrected chi connectivity index (χ4v) is 5.03. The van der Waals surface area contributed by atoms with E-state index in [4.69, 9.17) is 9.47 Å². The molecule has 1 aliphatic heterocycles. The number of halogens is 1. The quantitative estimate of drug-likeness (QED) is 0.184. The lowest BCUT2D eigenvalue weighted by molar-refractivity contribution is -0.000655. The Labute approximate surface area is 251 Å². The van der Waals surface area contributed by atoms with Gasteiger partial charge in [-0.25, -0.2) is 14.4 Å². The molecule has 1 aromatic carbocycles. The first-order valence-corrected chi connectivity index (χ1v) is 14.7. The molecular formula is C33H38FN5O4. The molecule has 0 aliphatic carbocycles. The molecule has 1 amide bonds. The van der Waals surface area contributed by atoms with Crippen LogP contribution in [0, 0.1) is 5.82 Å². The van der Waals surface area contributed by atoms with E-state index in [-0.39, 0.29) is 34.8 Å². The van der Waals surface area contributed by atoms with Crippen molar-refractivity contribution in [3.63, 3.8) is 0 Å².